The highest BCUT2D eigenvalue weighted by Crippen LogP contribution is 2.25. The van der Waals surface area contributed by atoms with Gasteiger partial charge in [-0.1, -0.05) is 33.8 Å². The first-order chi connectivity index (χ1) is 8.81. The number of hydrogen-bond acceptors (Lipinski definition) is 4. The summed E-state index contributed by atoms with van der Waals surface area (Å²) < 4.78 is 10.4. The van der Waals surface area contributed by atoms with Crippen molar-refractivity contribution >= 4 is 11.9 Å². The normalized spacial score (nSPS) is 10.7. The summed E-state index contributed by atoms with van der Waals surface area (Å²) in [5, 5.41) is 0. The molecule has 0 bridgehead atoms. The van der Waals surface area contributed by atoms with E-state index >= 15 is 0 Å². The standard InChI is InChI=1S/C15H20O4/c1-9(2)14(16)18-12-7-6-11(5)13(8-12)19-15(17)10(3)4/h6-10H,1-5H3. The predicted molar refractivity (Wildman–Crippen MR) is 72.1 cm³/mol. The highest BCUT2D eigenvalue weighted by Gasteiger charge is 2.14. The van der Waals surface area contributed by atoms with Gasteiger partial charge in [-0.25, -0.2) is 0 Å². The topological polar surface area (TPSA) is 52.6 Å². The van der Waals surface area contributed by atoms with Gasteiger partial charge in [-0.15, -0.1) is 0 Å². The van der Waals surface area contributed by atoms with Gasteiger partial charge in [-0.2, -0.15) is 0 Å². The molecule has 0 N–H and O–H groups in total. The number of ether oxygens (including phenoxy) is 2. The van der Waals surface area contributed by atoms with Crippen LogP contribution in [0.1, 0.15) is 33.3 Å². The lowest BCUT2D eigenvalue weighted by atomic mass is 10.2. The van der Waals surface area contributed by atoms with Gasteiger partial charge in [0, 0.05) is 6.07 Å². The molecule has 0 heterocycles. The van der Waals surface area contributed by atoms with E-state index in [9.17, 15) is 9.59 Å². The van der Waals surface area contributed by atoms with E-state index in [1.54, 1.807) is 45.9 Å². The van der Waals surface area contributed by atoms with Gasteiger partial charge in [0.15, 0.2) is 0 Å². The van der Waals surface area contributed by atoms with Crippen LogP contribution in [-0.4, -0.2) is 11.9 Å². The first kappa shape index (κ1) is 15.2. The van der Waals surface area contributed by atoms with Crippen molar-refractivity contribution < 1.29 is 19.1 Å². The van der Waals surface area contributed by atoms with Crippen molar-refractivity contribution in [3.8, 4) is 11.5 Å². The molecule has 0 atom stereocenters. The molecule has 19 heavy (non-hydrogen) atoms. The maximum atomic E-state index is 11.6. The summed E-state index contributed by atoms with van der Waals surface area (Å²) in [6, 6.07) is 5.00. The molecule has 1 rings (SSSR count). The van der Waals surface area contributed by atoms with Crippen molar-refractivity contribution in [3.05, 3.63) is 23.8 Å². The Morgan fingerprint density at radius 3 is 2.00 bits per heavy atom. The van der Waals surface area contributed by atoms with Crippen molar-refractivity contribution in [3.63, 3.8) is 0 Å². The molecule has 0 saturated carbocycles. The molecule has 0 aliphatic heterocycles. The van der Waals surface area contributed by atoms with Crippen LogP contribution >= 0.6 is 0 Å². The number of carbonyl (C=O) groups is 2. The van der Waals surface area contributed by atoms with Crippen molar-refractivity contribution in [2.24, 2.45) is 11.8 Å². The Morgan fingerprint density at radius 1 is 0.947 bits per heavy atom. The molecule has 0 radical (unpaired) electrons. The minimum Gasteiger partial charge on any atom is -0.426 e. The van der Waals surface area contributed by atoms with E-state index < -0.39 is 0 Å². The van der Waals surface area contributed by atoms with Crippen LogP contribution in [0.3, 0.4) is 0 Å². The Hall–Kier alpha value is -1.84. The molecule has 4 nitrogen and oxygen atoms in total. The lowest BCUT2D eigenvalue weighted by Gasteiger charge is -2.12. The molecule has 0 aromatic heterocycles. The summed E-state index contributed by atoms with van der Waals surface area (Å²) in [7, 11) is 0. The molecule has 104 valence electrons. The van der Waals surface area contributed by atoms with Crippen molar-refractivity contribution in [2.45, 2.75) is 34.6 Å². The van der Waals surface area contributed by atoms with E-state index in [0.717, 1.165) is 5.56 Å². The van der Waals surface area contributed by atoms with E-state index in [1.165, 1.54) is 0 Å². The SMILES string of the molecule is Cc1ccc(OC(=O)C(C)C)cc1OC(=O)C(C)C. The van der Waals surface area contributed by atoms with Crippen LogP contribution in [-0.2, 0) is 9.59 Å². The third-order valence-corrected chi connectivity index (χ3v) is 2.53. The second-order valence-corrected chi connectivity index (χ2v) is 5.08. The van der Waals surface area contributed by atoms with Crippen LogP contribution < -0.4 is 9.47 Å². The van der Waals surface area contributed by atoms with Crippen molar-refractivity contribution in [2.75, 3.05) is 0 Å². The molecule has 0 aliphatic carbocycles. The molecule has 1 aromatic carbocycles. The molecule has 4 heteroatoms. The van der Waals surface area contributed by atoms with Gasteiger partial charge in [0.2, 0.25) is 0 Å². The van der Waals surface area contributed by atoms with Crippen LogP contribution in [0.2, 0.25) is 0 Å². The van der Waals surface area contributed by atoms with Gasteiger partial charge in [0.25, 0.3) is 0 Å². The Balaban J connectivity index is 2.88. The largest absolute Gasteiger partial charge is 0.426 e. The molecule has 0 aliphatic rings. The maximum absolute atomic E-state index is 11.6. The van der Waals surface area contributed by atoms with Crippen molar-refractivity contribution in [1.82, 2.24) is 0 Å². The highest BCUT2D eigenvalue weighted by molar-refractivity contribution is 5.76. The molecule has 1 aromatic rings. The average Bonchev–Trinajstić information content (AvgIpc) is 2.32. The molecule has 0 amide bonds. The number of hydrogen-bond donors (Lipinski definition) is 0. The summed E-state index contributed by atoms with van der Waals surface area (Å²) >= 11 is 0. The smallest absolute Gasteiger partial charge is 0.313 e. The molecular weight excluding hydrogens is 244 g/mol. The van der Waals surface area contributed by atoms with Crippen LogP contribution in [0.4, 0.5) is 0 Å². The number of carbonyl (C=O) groups excluding carboxylic acids is 2. The fraction of sp³-hybridized carbons (Fsp3) is 0.467. The Labute approximate surface area is 113 Å². The molecule has 0 saturated heterocycles. The Kier molecular flexibility index (Phi) is 5.10. The average molecular weight is 264 g/mol. The van der Waals surface area contributed by atoms with E-state index in [4.69, 9.17) is 9.47 Å². The molecular formula is C15H20O4. The zero-order valence-corrected chi connectivity index (χ0v) is 12.0. The quantitative estimate of drug-likeness (QED) is 0.619. The minimum atomic E-state index is -0.315. The van der Waals surface area contributed by atoms with Crippen LogP contribution in [0, 0.1) is 18.8 Å². The van der Waals surface area contributed by atoms with Crippen molar-refractivity contribution in [1.29, 1.82) is 0 Å². The zero-order chi connectivity index (χ0) is 14.6. The Morgan fingerprint density at radius 2 is 1.47 bits per heavy atom. The second kappa shape index (κ2) is 6.36. The summed E-state index contributed by atoms with van der Waals surface area (Å²) in [6.45, 7) is 8.88. The number of benzene rings is 1. The molecule has 0 spiro atoms. The summed E-state index contributed by atoms with van der Waals surface area (Å²) in [5.41, 5.74) is 0.818. The monoisotopic (exact) mass is 264 g/mol. The summed E-state index contributed by atoms with van der Waals surface area (Å²) in [4.78, 5) is 23.1. The van der Waals surface area contributed by atoms with Gasteiger partial charge in [-0.3, -0.25) is 9.59 Å². The van der Waals surface area contributed by atoms with Gasteiger partial charge >= 0.3 is 11.9 Å². The summed E-state index contributed by atoms with van der Waals surface area (Å²) in [6.07, 6.45) is 0. The van der Waals surface area contributed by atoms with Gasteiger partial charge in [0.05, 0.1) is 11.8 Å². The third-order valence-electron chi connectivity index (χ3n) is 2.53. The van der Waals surface area contributed by atoms with Crippen LogP contribution in [0.15, 0.2) is 18.2 Å². The first-order valence-corrected chi connectivity index (χ1v) is 6.35. The predicted octanol–water partition coefficient (Wildman–Crippen LogP) is 3.12. The second-order valence-electron chi connectivity index (χ2n) is 5.08. The van der Waals surface area contributed by atoms with E-state index in [-0.39, 0.29) is 23.8 Å². The maximum Gasteiger partial charge on any atom is 0.313 e. The molecule has 0 fully saturated rings. The van der Waals surface area contributed by atoms with Crippen LogP contribution in [0.25, 0.3) is 0 Å². The van der Waals surface area contributed by atoms with Crippen LogP contribution in [0.5, 0.6) is 11.5 Å². The number of rotatable bonds is 4. The van der Waals surface area contributed by atoms with E-state index in [0.29, 0.717) is 11.5 Å². The Bertz CT molecular complexity index is 475. The minimum absolute atomic E-state index is 0.206. The lowest BCUT2D eigenvalue weighted by molar-refractivity contribution is -0.138. The summed E-state index contributed by atoms with van der Waals surface area (Å²) in [5.74, 6) is -0.228. The van der Waals surface area contributed by atoms with E-state index in [1.807, 2.05) is 6.92 Å². The van der Waals surface area contributed by atoms with Gasteiger partial charge in [0.1, 0.15) is 11.5 Å². The van der Waals surface area contributed by atoms with Gasteiger partial charge in [-0.05, 0) is 18.6 Å². The third kappa shape index (κ3) is 4.39. The molecule has 0 unspecified atom stereocenters. The fourth-order valence-electron chi connectivity index (χ4n) is 1.21. The zero-order valence-electron chi connectivity index (χ0n) is 12.0. The number of aryl methyl sites for hydroxylation is 1. The first-order valence-electron chi connectivity index (χ1n) is 6.35. The number of esters is 2. The highest BCUT2D eigenvalue weighted by atomic mass is 16.5. The fourth-order valence-corrected chi connectivity index (χ4v) is 1.21. The van der Waals surface area contributed by atoms with Gasteiger partial charge < -0.3 is 9.47 Å². The lowest BCUT2D eigenvalue weighted by Crippen LogP contribution is -2.16. The van der Waals surface area contributed by atoms with E-state index in [2.05, 4.69) is 0 Å².